The molecule has 1 aliphatic carbocycles. The molecule has 0 unspecified atom stereocenters. The number of hydrogen-bond donors (Lipinski definition) is 1. The van der Waals surface area contributed by atoms with E-state index < -0.39 is 0 Å². The minimum Gasteiger partial charge on any atom is -0.495 e. The normalized spacial score (nSPS) is 28.9. The van der Waals surface area contributed by atoms with E-state index in [0.717, 1.165) is 24.9 Å². The van der Waals surface area contributed by atoms with Crippen LogP contribution in [-0.2, 0) is 0 Å². The number of nitrogens with two attached hydrogens (primary N) is 1. The summed E-state index contributed by atoms with van der Waals surface area (Å²) in [5.74, 6) is 1.57. The summed E-state index contributed by atoms with van der Waals surface area (Å²) in [6.45, 7) is 2.18. The van der Waals surface area contributed by atoms with Crippen LogP contribution in [0.15, 0.2) is 18.5 Å². The molecule has 2 fully saturated rings. The first-order valence-corrected chi connectivity index (χ1v) is 7.25. The summed E-state index contributed by atoms with van der Waals surface area (Å²) in [6, 6.07) is 3.28. The van der Waals surface area contributed by atoms with Crippen molar-refractivity contribution in [3.05, 3.63) is 24.0 Å². The molecule has 1 aromatic heterocycles. The summed E-state index contributed by atoms with van der Waals surface area (Å²) in [5.41, 5.74) is 7.20. The Morgan fingerprint density at radius 1 is 1.26 bits per heavy atom. The highest BCUT2D eigenvalue weighted by Crippen LogP contribution is 2.38. The molecule has 1 aliphatic heterocycles. The molecule has 0 amide bonds. The first-order chi connectivity index (χ1) is 9.28. The molecule has 2 N–H and O–H groups in total. The topological polar surface area (TPSA) is 51.4 Å². The summed E-state index contributed by atoms with van der Waals surface area (Å²) in [6.07, 6.45) is 8.76. The maximum Gasteiger partial charge on any atom is 0.140 e. The van der Waals surface area contributed by atoms with E-state index in [1.807, 2.05) is 12.4 Å². The van der Waals surface area contributed by atoms with Gasteiger partial charge in [-0.3, -0.25) is 9.88 Å². The lowest BCUT2D eigenvalue weighted by Crippen LogP contribution is -2.59. The minimum atomic E-state index is 0.415. The van der Waals surface area contributed by atoms with Gasteiger partial charge in [0.05, 0.1) is 13.3 Å². The molecule has 4 heteroatoms. The highest BCUT2D eigenvalue weighted by molar-refractivity contribution is 5.33. The van der Waals surface area contributed by atoms with Crippen LogP contribution in [0, 0.1) is 0 Å². The van der Waals surface area contributed by atoms with Crippen molar-refractivity contribution in [1.82, 2.24) is 9.88 Å². The minimum absolute atomic E-state index is 0.415. The van der Waals surface area contributed by atoms with Crippen LogP contribution in [0.25, 0.3) is 0 Å². The van der Waals surface area contributed by atoms with E-state index in [4.69, 9.17) is 10.5 Å². The lowest BCUT2D eigenvalue weighted by molar-refractivity contribution is 0.0677. The highest BCUT2D eigenvalue weighted by Gasteiger charge is 2.33. The number of ether oxygens (including phenoxy) is 1. The Balaban J connectivity index is 1.60. The summed E-state index contributed by atoms with van der Waals surface area (Å²) in [5, 5.41) is 0. The molecule has 0 aromatic carbocycles. The van der Waals surface area contributed by atoms with Gasteiger partial charge in [0.25, 0.3) is 0 Å². The molecular weight excluding hydrogens is 238 g/mol. The Morgan fingerprint density at radius 3 is 2.63 bits per heavy atom. The second-order valence-corrected chi connectivity index (χ2v) is 5.84. The number of aromatic nitrogens is 1. The van der Waals surface area contributed by atoms with Gasteiger partial charge >= 0.3 is 0 Å². The predicted octanol–water partition coefficient (Wildman–Crippen LogP) is 1.76. The molecule has 2 heterocycles. The number of rotatable bonds is 3. The van der Waals surface area contributed by atoms with E-state index in [0.29, 0.717) is 12.0 Å². The predicted molar refractivity (Wildman–Crippen MR) is 75.3 cm³/mol. The fourth-order valence-corrected chi connectivity index (χ4v) is 3.50. The van der Waals surface area contributed by atoms with Crippen LogP contribution in [0.1, 0.15) is 37.2 Å². The number of nitrogens with zero attached hydrogens (tertiary/aromatic N) is 2. The van der Waals surface area contributed by atoms with Gasteiger partial charge in [-0.25, -0.2) is 0 Å². The van der Waals surface area contributed by atoms with E-state index in [1.165, 1.54) is 31.2 Å². The molecule has 0 bridgehead atoms. The van der Waals surface area contributed by atoms with E-state index in [1.54, 1.807) is 7.11 Å². The van der Waals surface area contributed by atoms with Crippen LogP contribution >= 0.6 is 0 Å². The van der Waals surface area contributed by atoms with Gasteiger partial charge in [0.2, 0.25) is 0 Å². The van der Waals surface area contributed by atoms with Crippen molar-refractivity contribution in [3.8, 4) is 5.75 Å². The van der Waals surface area contributed by atoms with Crippen molar-refractivity contribution < 1.29 is 4.74 Å². The molecule has 19 heavy (non-hydrogen) atoms. The largest absolute Gasteiger partial charge is 0.495 e. The van der Waals surface area contributed by atoms with Crippen molar-refractivity contribution in [2.24, 2.45) is 5.73 Å². The van der Waals surface area contributed by atoms with Crippen LogP contribution in [-0.4, -0.2) is 42.2 Å². The quantitative estimate of drug-likeness (QED) is 0.901. The van der Waals surface area contributed by atoms with Gasteiger partial charge in [0, 0.05) is 36.9 Å². The Morgan fingerprint density at radius 2 is 2.00 bits per heavy atom. The summed E-state index contributed by atoms with van der Waals surface area (Å²) in [4.78, 5) is 6.68. The molecule has 0 spiro atoms. The Labute approximate surface area is 115 Å². The van der Waals surface area contributed by atoms with E-state index in [9.17, 15) is 0 Å². The van der Waals surface area contributed by atoms with Gasteiger partial charge < -0.3 is 10.5 Å². The first kappa shape index (κ1) is 12.9. The zero-order chi connectivity index (χ0) is 13.2. The zero-order valence-electron chi connectivity index (χ0n) is 11.6. The Kier molecular flexibility index (Phi) is 3.71. The van der Waals surface area contributed by atoms with Gasteiger partial charge in [0.15, 0.2) is 0 Å². The molecular formula is C15H23N3O. The molecule has 1 saturated heterocycles. The number of likely N-dealkylation sites (tertiary alicyclic amines) is 1. The third-order valence-corrected chi connectivity index (χ3v) is 4.63. The molecule has 4 nitrogen and oxygen atoms in total. The summed E-state index contributed by atoms with van der Waals surface area (Å²) < 4.78 is 5.43. The van der Waals surface area contributed by atoms with Crippen molar-refractivity contribution in [1.29, 1.82) is 0 Å². The average molecular weight is 261 g/mol. The fourth-order valence-electron chi connectivity index (χ4n) is 3.50. The van der Waals surface area contributed by atoms with Gasteiger partial charge in [-0.2, -0.15) is 0 Å². The van der Waals surface area contributed by atoms with Gasteiger partial charge in [0.1, 0.15) is 5.75 Å². The Bertz CT molecular complexity index is 423. The van der Waals surface area contributed by atoms with E-state index in [-0.39, 0.29) is 0 Å². The molecule has 104 valence electrons. The van der Waals surface area contributed by atoms with Crippen molar-refractivity contribution >= 4 is 0 Å². The highest BCUT2D eigenvalue weighted by atomic mass is 16.5. The number of hydrogen-bond acceptors (Lipinski definition) is 4. The molecule has 1 saturated carbocycles. The van der Waals surface area contributed by atoms with Crippen LogP contribution in [0.5, 0.6) is 5.75 Å². The summed E-state index contributed by atoms with van der Waals surface area (Å²) in [7, 11) is 1.73. The molecule has 0 radical (unpaired) electrons. The van der Waals surface area contributed by atoms with Crippen molar-refractivity contribution in [2.45, 2.75) is 43.7 Å². The fraction of sp³-hybridized carbons (Fsp3) is 0.667. The monoisotopic (exact) mass is 261 g/mol. The second kappa shape index (κ2) is 5.47. The van der Waals surface area contributed by atoms with Gasteiger partial charge in [-0.05, 0) is 37.7 Å². The SMILES string of the molecule is COc1cnccc1C1CCC(N2CC(N)C2)CC1. The van der Waals surface area contributed by atoms with Crippen molar-refractivity contribution in [2.75, 3.05) is 20.2 Å². The van der Waals surface area contributed by atoms with E-state index in [2.05, 4.69) is 16.0 Å². The second-order valence-electron chi connectivity index (χ2n) is 5.84. The third-order valence-electron chi connectivity index (χ3n) is 4.63. The van der Waals surface area contributed by atoms with Gasteiger partial charge in [-0.1, -0.05) is 0 Å². The van der Waals surface area contributed by atoms with Crippen molar-refractivity contribution in [3.63, 3.8) is 0 Å². The van der Waals surface area contributed by atoms with Crippen LogP contribution < -0.4 is 10.5 Å². The van der Waals surface area contributed by atoms with E-state index >= 15 is 0 Å². The smallest absolute Gasteiger partial charge is 0.140 e. The lowest BCUT2D eigenvalue weighted by atomic mass is 9.80. The third kappa shape index (κ3) is 2.60. The molecule has 2 aliphatic rings. The van der Waals surface area contributed by atoms with Crippen LogP contribution in [0.3, 0.4) is 0 Å². The molecule has 1 aromatic rings. The average Bonchev–Trinajstić information content (AvgIpc) is 2.44. The van der Waals surface area contributed by atoms with Crippen LogP contribution in [0.4, 0.5) is 0 Å². The number of methoxy groups -OCH3 is 1. The van der Waals surface area contributed by atoms with Gasteiger partial charge in [-0.15, -0.1) is 0 Å². The Hall–Kier alpha value is -1.13. The zero-order valence-corrected chi connectivity index (χ0v) is 11.6. The first-order valence-electron chi connectivity index (χ1n) is 7.25. The lowest BCUT2D eigenvalue weighted by Gasteiger charge is -2.45. The number of pyridine rings is 1. The molecule has 3 rings (SSSR count). The maximum absolute atomic E-state index is 5.87. The maximum atomic E-state index is 5.87. The standard InChI is InChI=1S/C15H23N3O/c1-19-15-8-17-7-6-14(15)11-2-4-13(5-3-11)18-9-12(16)10-18/h6-8,11-13H,2-5,9-10,16H2,1H3. The summed E-state index contributed by atoms with van der Waals surface area (Å²) >= 11 is 0. The molecule has 0 atom stereocenters. The van der Waals surface area contributed by atoms with Crippen LogP contribution in [0.2, 0.25) is 0 Å².